The van der Waals surface area contributed by atoms with E-state index in [9.17, 15) is 34.5 Å². The second-order valence-corrected chi connectivity index (χ2v) is 10.6. The predicted molar refractivity (Wildman–Crippen MR) is 164 cm³/mol. The number of hydrogen-bond donors (Lipinski definition) is 9. The number of phenolic OH excluding ortho intramolecular Hbond substituents is 2. The predicted octanol–water partition coefficient (Wildman–Crippen LogP) is -0.151. The van der Waals surface area contributed by atoms with E-state index in [1.54, 1.807) is 38.1 Å². The van der Waals surface area contributed by atoms with E-state index in [0.717, 1.165) is 0 Å². The summed E-state index contributed by atoms with van der Waals surface area (Å²) in [6, 6.07) is 7.59. The Morgan fingerprint density at radius 1 is 0.795 bits per heavy atom. The largest absolute Gasteiger partial charge is 0.508 e. The Balaban J connectivity index is 2.28. The van der Waals surface area contributed by atoms with E-state index < -0.39 is 47.9 Å². The molecule has 0 saturated carbocycles. The Hall–Kier alpha value is -4.85. The number of aliphatic imine (C=N–C) groups is 1. The number of amides is 3. The van der Waals surface area contributed by atoms with Gasteiger partial charge in [-0.2, -0.15) is 0 Å². The van der Waals surface area contributed by atoms with E-state index >= 15 is 0 Å². The highest BCUT2D eigenvalue weighted by Crippen LogP contribution is 2.14. The first-order chi connectivity index (χ1) is 20.8. The molecule has 14 heteroatoms. The summed E-state index contributed by atoms with van der Waals surface area (Å²) < 4.78 is 0. The Kier molecular flexibility index (Phi) is 13.9. The van der Waals surface area contributed by atoms with Crippen molar-refractivity contribution in [1.29, 1.82) is 0 Å². The van der Waals surface area contributed by atoms with Gasteiger partial charge in [-0.3, -0.25) is 19.4 Å². The molecule has 5 unspecified atom stereocenters. The molecule has 12 N–H and O–H groups in total. The normalized spacial score (nSPS) is 14.2. The van der Waals surface area contributed by atoms with E-state index in [4.69, 9.17) is 17.2 Å². The summed E-state index contributed by atoms with van der Waals surface area (Å²) in [7, 11) is 0. The first-order valence-corrected chi connectivity index (χ1v) is 14.3. The number of benzene rings is 2. The topological polar surface area (TPSA) is 255 Å². The number of guanidine groups is 1. The Bertz CT molecular complexity index is 1280. The fourth-order valence-electron chi connectivity index (χ4n) is 4.32. The number of aliphatic carboxylic acids is 1. The van der Waals surface area contributed by atoms with Crippen LogP contribution >= 0.6 is 0 Å². The number of rotatable bonds is 17. The number of phenols is 2. The van der Waals surface area contributed by atoms with Gasteiger partial charge in [0.25, 0.3) is 0 Å². The summed E-state index contributed by atoms with van der Waals surface area (Å²) in [5.41, 5.74) is 18.2. The molecule has 0 aliphatic carbocycles. The Morgan fingerprint density at radius 3 is 1.80 bits per heavy atom. The van der Waals surface area contributed by atoms with Crippen molar-refractivity contribution in [3.63, 3.8) is 0 Å². The summed E-state index contributed by atoms with van der Waals surface area (Å²) in [6.07, 6.45) is 0.985. The monoisotopic (exact) mass is 613 g/mol. The van der Waals surface area contributed by atoms with Crippen molar-refractivity contribution in [2.24, 2.45) is 28.1 Å². The molecular weight excluding hydrogens is 570 g/mol. The van der Waals surface area contributed by atoms with Gasteiger partial charge in [-0.25, -0.2) is 4.79 Å². The van der Waals surface area contributed by atoms with Crippen LogP contribution in [0.3, 0.4) is 0 Å². The molecule has 0 aliphatic rings. The summed E-state index contributed by atoms with van der Waals surface area (Å²) in [5.74, 6) is -3.71. The van der Waals surface area contributed by atoms with Gasteiger partial charge >= 0.3 is 5.97 Å². The molecule has 5 atom stereocenters. The molecule has 0 fully saturated rings. The minimum atomic E-state index is -1.22. The quantitative estimate of drug-likeness (QED) is 0.0647. The molecule has 2 aromatic rings. The van der Waals surface area contributed by atoms with Crippen LogP contribution in [0.4, 0.5) is 0 Å². The summed E-state index contributed by atoms with van der Waals surface area (Å²) >= 11 is 0. The molecule has 2 aromatic carbocycles. The second-order valence-electron chi connectivity index (χ2n) is 10.6. The number of aromatic hydroxyl groups is 2. The van der Waals surface area contributed by atoms with Crippen LogP contribution in [0.5, 0.6) is 11.5 Å². The lowest BCUT2D eigenvalue weighted by molar-refractivity contribution is -0.143. The number of nitrogens with two attached hydrogens (primary N) is 3. The minimum Gasteiger partial charge on any atom is -0.508 e. The zero-order chi connectivity index (χ0) is 32.8. The van der Waals surface area contributed by atoms with Gasteiger partial charge < -0.3 is 48.5 Å². The number of nitrogens with zero attached hydrogens (tertiary/aromatic N) is 1. The number of nitrogens with one attached hydrogen (secondary N) is 3. The molecule has 0 aromatic heterocycles. The molecule has 0 heterocycles. The molecule has 0 bridgehead atoms. The standard InChI is InChI=1S/C30H43N7O7/c1-3-17(2)25(29(43)44)37-28(42)24(16-19-8-12-21(39)13-9-19)36-27(41)23(5-4-14-34-30(32)33)35-26(40)22(31)15-18-6-10-20(38)11-7-18/h6-13,17,22-25,38-39H,3-5,14-16,31H2,1-2H3,(H,35,40)(H,36,41)(H,37,42)(H,43,44)(H4,32,33,34). The third-order valence-corrected chi connectivity index (χ3v) is 7.09. The first kappa shape index (κ1) is 35.3. The van der Waals surface area contributed by atoms with Crippen LogP contribution < -0.4 is 33.2 Å². The third-order valence-electron chi connectivity index (χ3n) is 7.09. The molecule has 0 aliphatic heterocycles. The molecule has 240 valence electrons. The number of carboxylic acids is 1. The lowest BCUT2D eigenvalue weighted by atomic mass is 9.98. The Labute approximate surface area is 256 Å². The third kappa shape index (κ3) is 11.8. The molecule has 44 heavy (non-hydrogen) atoms. The average Bonchev–Trinajstić information content (AvgIpc) is 2.98. The molecule has 14 nitrogen and oxygen atoms in total. The molecule has 2 rings (SSSR count). The second kappa shape index (κ2) is 17.3. The highest BCUT2D eigenvalue weighted by molar-refractivity contribution is 5.94. The number of hydrogen-bond acceptors (Lipinski definition) is 8. The van der Waals surface area contributed by atoms with E-state index in [0.29, 0.717) is 24.0 Å². The SMILES string of the molecule is CCC(C)C(NC(=O)C(Cc1ccc(O)cc1)NC(=O)C(CCCN=C(N)N)NC(=O)C(N)Cc1ccc(O)cc1)C(=O)O. The van der Waals surface area contributed by atoms with Crippen molar-refractivity contribution in [2.75, 3.05) is 6.54 Å². The fraction of sp³-hybridized carbons (Fsp3) is 0.433. The van der Waals surface area contributed by atoms with Crippen LogP contribution in [-0.4, -0.2) is 75.7 Å². The van der Waals surface area contributed by atoms with Crippen molar-refractivity contribution in [2.45, 2.75) is 70.1 Å². The zero-order valence-corrected chi connectivity index (χ0v) is 24.9. The van der Waals surface area contributed by atoms with Crippen molar-refractivity contribution in [1.82, 2.24) is 16.0 Å². The molecule has 0 saturated heterocycles. The molecule has 0 radical (unpaired) electrons. The van der Waals surface area contributed by atoms with E-state index in [2.05, 4.69) is 20.9 Å². The van der Waals surface area contributed by atoms with Crippen molar-refractivity contribution < 1.29 is 34.5 Å². The average molecular weight is 614 g/mol. The fourth-order valence-corrected chi connectivity index (χ4v) is 4.32. The maximum absolute atomic E-state index is 13.6. The van der Waals surface area contributed by atoms with Gasteiger partial charge in [-0.05, 0) is 60.6 Å². The van der Waals surface area contributed by atoms with E-state index in [1.807, 2.05) is 0 Å². The van der Waals surface area contributed by atoms with Gasteiger partial charge in [0.2, 0.25) is 17.7 Å². The summed E-state index contributed by atoms with van der Waals surface area (Å²) in [4.78, 5) is 55.8. The zero-order valence-electron chi connectivity index (χ0n) is 24.9. The van der Waals surface area contributed by atoms with E-state index in [1.165, 1.54) is 24.3 Å². The van der Waals surface area contributed by atoms with E-state index in [-0.39, 0.29) is 49.2 Å². The highest BCUT2D eigenvalue weighted by atomic mass is 16.4. The maximum Gasteiger partial charge on any atom is 0.326 e. The lowest BCUT2D eigenvalue weighted by Gasteiger charge is -2.26. The number of carbonyl (C=O) groups is 4. The van der Waals surface area contributed by atoms with Crippen molar-refractivity contribution >= 4 is 29.7 Å². The highest BCUT2D eigenvalue weighted by Gasteiger charge is 2.32. The van der Waals surface area contributed by atoms with Gasteiger partial charge in [-0.15, -0.1) is 0 Å². The van der Waals surface area contributed by atoms with Crippen molar-refractivity contribution in [3.05, 3.63) is 59.7 Å². The van der Waals surface area contributed by atoms with Crippen LogP contribution in [0.1, 0.15) is 44.2 Å². The number of carbonyl (C=O) groups excluding carboxylic acids is 3. The summed E-state index contributed by atoms with van der Waals surface area (Å²) in [5, 5.41) is 36.7. The molecule has 0 spiro atoms. The smallest absolute Gasteiger partial charge is 0.326 e. The van der Waals surface area contributed by atoms with Crippen LogP contribution in [0.2, 0.25) is 0 Å². The van der Waals surface area contributed by atoms with Crippen molar-refractivity contribution in [3.8, 4) is 11.5 Å². The van der Waals surface area contributed by atoms with Crippen LogP contribution in [0.25, 0.3) is 0 Å². The first-order valence-electron chi connectivity index (χ1n) is 14.3. The lowest BCUT2D eigenvalue weighted by Crippen LogP contribution is -2.58. The minimum absolute atomic E-state index is 0.00805. The van der Waals surface area contributed by atoms with Gasteiger partial charge in [-0.1, -0.05) is 44.5 Å². The van der Waals surface area contributed by atoms with Crippen LogP contribution in [-0.2, 0) is 32.0 Å². The maximum atomic E-state index is 13.6. The van der Waals surface area contributed by atoms with Gasteiger partial charge in [0, 0.05) is 13.0 Å². The van der Waals surface area contributed by atoms with Gasteiger partial charge in [0.05, 0.1) is 6.04 Å². The molecular formula is C30H43N7O7. The van der Waals surface area contributed by atoms with Gasteiger partial charge in [0.1, 0.15) is 29.6 Å². The Morgan fingerprint density at radius 2 is 1.30 bits per heavy atom. The van der Waals surface area contributed by atoms with Gasteiger partial charge in [0.15, 0.2) is 5.96 Å². The van der Waals surface area contributed by atoms with Crippen LogP contribution in [0.15, 0.2) is 53.5 Å². The number of carboxylic acid groups (broad SMARTS) is 1. The van der Waals surface area contributed by atoms with Crippen LogP contribution in [0, 0.1) is 5.92 Å². The summed E-state index contributed by atoms with van der Waals surface area (Å²) in [6.45, 7) is 3.66. The molecule has 3 amide bonds.